The first kappa shape index (κ1) is 25.2. The van der Waals surface area contributed by atoms with Gasteiger partial charge < -0.3 is 19.2 Å². The van der Waals surface area contributed by atoms with Gasteiger partial charge in [0.2, 0.25) is 0 Å². The number of amides is 1. The molecule has 0 aliphatic rings. The van der Waals surface area contributed by atoms with Crippen molar-refractivity contribution in [1.82, 2.24) is 5.32 Å². The Morgan fingerprint density at radius 2 is 1.83 bits per heavy atom. The van der Waals surface area contributed by atoms with E-state index in [1.165, 1.54) is 24.3 Å². The molecule has 0 bridgehead atoms. The quantitative estimate of drug-likeness (QED) is 0.160. The van der Waals surface area contributed by atoms with Crippen LogP contribution in [-0.2, 0) is 4.79 Å². The van der Waals surface area contributed by atoms with E-state index in [-0.39, 0.29) is 28.4 Å². The summed E-state index contributed by atoms with van der Waals surface area (Å²) in [6.45, 7) is 6.92. The molecule has 0 aliphatic heterocycles. The smallest absolute Gasteiger partial charge is 0.354 e. The number of nitriles is 1. The van der Waals surface area contributed by atoms with Crippen LogP contribution in [0.4, 0.5) is 0 Å². The summed E-state index contributed by atoms with van der Waals surface area (Å²) in [5, 5.41) is 12.6. The number of rotatable bonds is 9. The third-order valence-electron chi connectivity index (χ3n) is 4.84. The molecule has 1 aromatic heterocycles. The van der Waals surface area contributed by atoms with Crippen molar-refractivity contribution in [1.29, 1.82) is 5.26 Å². The fourth-order valence-electron chi connectivity index (χ4n) is 3.05. The molecule has 0 radical (unpaired) electrons. The van der Waals surface area contributed by atoms with Gasteiger partial charge in [-0.2, -0.15) is 5.26 Å². The summed E-state index contributed by atoms with van der Waals surface area (Å²) in [6, 6.07) is 14.7. The van der Waals surface area contributed by atoms with Crippen LogP contribution < -0.4 is 20.4 Å². The van der Waals surface area contributed by atoms with Crippen molar-refractivity contribution in [2.24, 2.45) is 5.92 Å². The number of nitrogens with zero attached hydrogens (tertiary/aromatic N) is 1. The van der Waals surface area contributed by atoms with E-state index < -0.39 is 17.5 Å². The second-order valence-corrected chi connectivity index (χ2v) is 8.23. The van der Waals surface area contributed by atoms with Gasteiger partial charge in [-0.3, -0.25) is 4.79 Å². The number of ether oxygens (including phenoxy) is 2. The number of carbonyl (C=O) groups is 2. The van der Waals surface area contributed by atoms with Crippen LogP contribution in [0.1, 0.15) is 43.1 Å². The maximum absolute atomic E-state index is 12.5. The SMILES string of the molecule is CCCOc1ccc(/C=C(\C#N)C(=O)Oc2ccc3cc(C(=O)NCC(C)C)c(=O)oc3c2)cc1. The van der Waals surface area contributed by atoms with Crippen LogP contribution in [0.15, 0.2) is 63.3 Å². The standard InChI is InChI=1S/C27H26N2O6/c1-4-11-33-21-8-5-18(6-9-21)12-20(15-28)26(31)34-22-10-7-19-13-23(25(30)29-16-17(2)3)27(32)35-24(19)14-22/h5-10,12-14,17H,4,11,16H2,1-3H3,(H,29,30)/b20-12+. The highest BCUT2D eigenvalue weighted by Gasteiger charge is 2.16. The van der Waals surface area contributed by atoms with Crippen LogP contribution in [0.25, 0.3) is 17.0 Å². The number of nitrogens with one attached hydrogen (secondary N) is 1. The Kier molecular flexibility index (Phi) is 8.41. The van der Waals surface area contributed by atoms with Gasteiger partial charge >= 0.3 is 11.6 Å². The fourth-order valence-corrected chi connectivity index (χ4v) is 3.05. The minimum atomic E-state index is -0.856. The molecule has 1 N–H and O–H groups in total. The third kappa shape index (κ3) is 6.81. The Labute approximate surface area is 202 Å². The van der Waals surface area contributed by atoms with Crippen LogP contribution in [0.5, 0.6) is 11.5 Å². The third-order valence-corrected chi connectivity index (χ3v) is 4.84. The van der Waals surface area contributed by atoms with Gasteiger partial charge in [0.1, 0.15) is 34.3 Å². The molecule has 3 aromatic rings. The van der Waals surface area contributed by atoms with Gasteiger partial charge in [0, 0.05) is 18.0 Å². The van der Waals surface area contributed by atoms with Crippen LogP contribution in [0, 0.1) is 17.2 Å². The summed E-state index contributed by atoms with van der Waals surface area (Å²) >= 11 is 0. The Hall–Kier alpha value is -4.38. The average Bonchev–Trinajstić information content (AvgIpc) is 2.84. The van der Waals surface area contributed by atoms with Crippen molar-refractivity contribution in [3.8, 4) is 17.6 Å². The molecule has 0 aliphatic carbocycles. The molecule has 1 amide bonds. The van der Waals surface area contributed by atoms with Gasteiger partial charge in [-0.25, -0.2) is 9.59 Å². The zero-order chi connectivity index (χ0) is 25.4. The molecule has 0 unspecified atom stereocenters. The maximum Gasteiger partial charge on any atom is 0.354 e. The highest BCUT2D eigenvalue weighted by Crippen LogP contribution is 2.22. The van der Waals surface area contributed by atoms with Gasteiger partial charge in [0.05, 0.1) is 6.61 Å². The highest BCUT2D eigenvalue weighted by atomic mass is 16.5. The molecule has 3 rings (SSSR count). The number of carbonyl (C=O) groups excluding carboxylic acids is 2. The van der Waals surface area contributed by atoms with Crippen LogP contribution in [0.3, 0.4) is 0 Å². The van der Waals surface area contributed by atoms with Gasteiger partial charge in [-0.1, -0.05) is 32.9 Å². The van der Waals surface area contributed by atoms with Crippen molar-refractivity contribution < 1.29 is 23.5 Å². The molecular weight excluding hydrogens is 448 g/mol. The normalized spacial score (nSPS) is 11.2. The monoisotopic (exact) mass is 474 g/mol. The molecule has 35 heavy (non-hydrogen) atoms. The first-order valence-electron chi connectivity index (χ1n) is 11.2. The van der Waals surface area contributed by atoms with Gasteiger partial charge in [-0.15, -0.1) is 0 Å². The first-order valence-corrected chi connectivity index (χ1v) is 11.2. The molecular formula is C27H26N2O6. The van der Waals surface area contributed by atoms with E-state index in [4.69, 9.17) is 13.9 Å². The molecule has 0 spiro atoms. The minimum absolute atomic E-state index is 0.0899. The summed E-state index contributed by atoms with van der Waals surface area (Å²) in [6.07, 6.45) is 2.30. The van der Waals surface area contributed by atoms with E-state index in [0.717, 1.165) is 6.42 Å². The molecule has 8 nitrogen and oxygen atoms in total. The lowest BCUT2D eigenvalue weighted by Crippen LogP contribution is -2.31. The number of hydrogen-bond donors (Lipinski definition) is 1. The predicted molar refractivity (Wildman–Crippen MR) is 131 cm³/mol. The fraction of sp³-hybridized carbons (Fsp3) is 0.259. The zero-order valence-electron chi connectivity index (χ0n) is 19.8. The largest absolute Gasteiger partial charge is 0.494 e. The van der Waals surface area contributed by atoms with E-state index >= 15 is 0 Å². The van der Waals surface area contributed by atoms with Gasteiger partial charge in [0.15, 0.2) is 0 Å². The Balaban J connectivity index is 1.76. The highest BCUT2D eigenvalue weighted by molar-refractivity contribution is 5.99. The Bertz CT molecular complexity index is 1350. The molecule has 180 valence electrons. The molecule has 8 heteroatoms. The Morgan fingerprint density at radius 3 is 2.49 bits per heavy atom. The van der Waals surface area contributed by atoms with Crippen molar-refractivity contribution in [2.45, 2.75) is 27.2 Å². The number of hydrogen-bond acceptors (Lipinski definition) is 7. The van der Waals surface area contributed by atoms with E-state index in [2.05, 4.69) is 5.32 Å². The van der Waals surface area contributed by atoms with E-state index in [9.17, 15) is 19.6 Å². The number of benzene rings is 2. The van der Waals surface area contributed by atoms with E-state index in [1.807, 2.05) is 26.8 Å². The zero-order valence-corrected chi connectivity index (χ0v) is 19.8. The molecule has 1 heterocycles. The predicted octanol–water partition coefficient (Wildman–Crippen LogP) is 4.48. The second-order valence-electron chi connectivity index (χ2n) is 8.23. The van der Waals surface area contributed by atoms with Crippen LogP contribution in [-0.4, -0.2) is 25.0 Å². The molecule has 0 fully saturated rings. The summed E-state index contributed by atoms with van der Waals surface area (Å²) in [4.78, 5) is 37.1. The van der Waals surface area contributed by atoms with Crippen molar-refractivity contribution in [3.63, 3.8) is 0 Å². The maximum atomic E-state index is 12.5. The lowest BCUT2D eigenvalue weighted by molar-refractivity contribution is -0.129. The summed E-state index contributed by atoms with van der Waals surface area (Å²) in [5.41, 5.74) is -0.332. The lowest BCUT2D eigenvalue weighted by atomic mass is 10.1. The average molecular weight is 475 g/mol. The molecule has 0 atom stereocenters. The van der Waals surface area contributed by atoms with Crippen molar-refractivity contribution in [2.75, 3.05) is 13.2 Å². The van der Waals surface area contributed by atoms with Gasteiger partial charge in [0.25, 0.3) is 5.91 Å². The summed E-state index contributed by atoms with van der Waals surface area (Å²) in [7, 11) is 0. The topological polar surface area (TPSA) is 119 Å². The second kappa shape index (κ2) is 11.7. The Morgan fingerprint density at radius 1 is 1.11 bits per heavy atom. The lowest BCUT2D eigenvalue weighted by Gasteiger charge is -2.08. The van der Waals surface area contributed by atoms with Gasteiger partial charge in [-0.05, 0) is 54.3 Å². The van der Waals surface area contributed by atoms with Crippen LogP contribution >= 0.6 is 0 Å². The number of fused-ring (bicyclic) bond motifs is 1. The van der Waals surface area contributed by atoms with E-state index in [0.29, 0.717) is 29.9 Å². The molecule has 2 aromatic carbocycles. The van der Waals surface area contributed by atoms with Crippen molar-refractivity contribution >= 4 is 28.9 Å². The summed E-state index contributed by atoms with van der Waals surface area (Å²) < 4.78 is 16.1. The van der Waals surface area contributed by atoms with Crippen LogP contribution in [0.2, 0.25) is 0 Å². The van der Waals surface area contributed by atoms with Crippen molar-refractivity contribution in [3.05, 3.63) is 75.7 Å². The first-order chi connectivity index (χ1) is 16.8. The van der Waals surface area contributed by atoms with E-state index in [1.54, 1.807) is 30.3 Å². The molecule has 0 saturated carbocycles. The molecule has 0 saturated heterocycles. The number of esters is 1. The summed E-state index contributed by atoms with van der Waals surface area (Å²) in [5.74, 6) is -0.352. The minimum Gasteiger partial charge on any atom is -0.494 e.